The number of carboxylic acid groups (broad SMARTS) is 1. The quantitative estimate of drug-likeness (QED) is 0.376. The standard InChI is InChI=1S/C10H10ClIO2.C2H4O2/c1-7-3-2-4-8(5-11)10(7)14-9(13)6-12;1-2(3)4/h2-4H,5-6H2,1H3;1H3,(H,3,4). The number of halogens is 2. The van der Waals surface area contributed by atoms with E-state index < -0.39 is 5.97 Å². The summed E-state index contributed by atoms with van der Waals surface area (Å²) >= 11 is 7.71. The van der Waals surface area contributed by atoms with E-state index in [4.69, 9.17) is 26.2 Å². The molecule has 0 aliphatic carbocycles. The summed E-state index contributed by atoms with van der Waals surface area (Å²) in [6.07, 6.45) is 0. The van der Waals surface area contributed by atoms with Crippen molar-refractivity contribution in [1.29, 1.82) is 0 Å². The monoisotopic (exact) mass is 384 g/mol. The maximum atomic E-state index is 11.1. The second-order valence-corrected chi connectivity index (χ2v) is 4.35. The molecule has 0 radical (unpaired) electrons. The number of esters is 1. The lowest BCUT2D eigenvalue weighted by molar-refractivity contribution is -0.134. The molecule has 0 atom stereocenters. The molecule has 1 aromatic rings. The molecule has 0 heterocycles. The molecule has 0 aromatic heterocycles. The van der Waals surface area contributed by atoms with Crippen molar-refractivity contribution in [2.24, 2.45) is 0 Å². The molecule has 4 nitrogen and oxygen atoms in total. The molecule has 6 heteroatoms. The van der Waals surface area contributed by atoms with Crippen molar-refractivity contribution in [1.82, 2.24) is 0 Å². The lowest BCUT2D eigenvalue weighted by atomic mass is 10.1. The number of hydrogen-bond donors (Lipinski definition) is 1. The van der Waals surface area contributed by atoms with Crippen LogP contribution in [0.3, 0.4) is 0 Å². The van der Waals surface area contributed by atoms with Gasteiger partial charge in [0.25, 0.3) is 5.97 Å². The lowest BCUT2D eigenvalue weighted by Crippen LogP contribution is -2.10. The summed E-state index contributed by atoms with van der Waals surface area (Å²) < 4.78 is 5.53. The molecule has 0 aliphatic heterocycles. The highest BCUT2D eigenvalue weighted by atomic mass is 127. The fourth-order valence-electron chi connectivity index (χ4n) is 1.11. The average Bonchev–Trinajstić information content (AvgIpc) is 2.30. The molecule has 0 spiro atoms. The van der Waals surface area contributed by atoms with Gasteiger partial charge in [0.1, 0.15) is 5.75 Å². The van der Waals surface area contributed by atoms with E-state index in [-0.39, 0.29) is 5.97 Å². The molecular weight excluding hydrogens is 370 g/mol. The van der Waals surface area contributed by atoms with E-state index in [0.717, 1.165) is 18.1 Å². The molecule has 0 bridgehead atoms. The van der Waals surface area contributed by atoms with Gasteiger partial charge in [0.2, 0.25) is 0 Å². The summed E-state index contributed by atoms with van der Waals surface area (Å²) in [5.41, 5.74) is 1.78. The second kappa shape index (κ2) is 9.16. The first-order valence-corrected chi connectivity index (χ1v) is 7.09. The molecule has 1 aromatic carbocycles. The molecule has 1 rings (SSSR count). The maximum Gasteiger partial charge on any atom is 0.321 e. The van der Waals surface area contributed by atoms with E-state index in [9.17, 15) is 4.79 Å². The van der Waals surface area contributed by atoms with Crippen molar-refractivity contribution in [3.63, 3.8) is 0 Å². The van der Waals surface area contributed by atoms with Crippen LogP contribution in [0, 0.1) is 6.92 Å². The Morgan fingerprint density at radius 2 is 2.00 bits per heavy atom. The van der Waals surface area contributed by atoms with Crippen molar-refractivity contribution >= 4 is 46.1 Å². The molecule has 0 saturated heterocycles. The number of aliphatic carboxylic acids is 1. The molecule has 100 valence electrons. The summed E-state index contributed by atoms with van der Waals surface area (Å²) in [7, 11) is 0. The Balaban J connectivity index is 0.000000631. The molecule has 1 N–H and O–H groups in total. The van der Waals surface area contributed by atoms with Crippen LogP contribution in [-0.2, 0) is 15.5 Å². The molecular formula is C12H14ClIO4. The second-order valence-electron chi connectivity index (χ2n) is 3.32. The van der Waals surface area contributed by atoms with E-state index in [1.807, 2.05) is 47.7 Å². The smallest absolute Gasteiger partial charge is 0.321 e. The number of aryl methyl sites for hydroxylation is 1. The highest BCUT2D eigenvalue weighted by molar-refractivity contribution is 14.1. The molecule has 0 aliphatic rings. The average molecular weight is 385 g/mol. The van der Waals surface area contributed by atoms with Gasteiger partial charge in [-0.05, 0) is 12.5 Å². The predicted molar refractivity (Wildman–Crippen MR) is 78.6 cm³/mol. The van der Waals surface area contributed by atoms with Crippen LogP contribution in [0.2, 0.25) is 0 Å². The third-order valence-corrected chi connectivity index (χ3v) is 2.67. The summed E-state index contributed by atoms with van der Waals surface area (Å²) in [4.78, 5) is 20.1. The first-order valence-electron chi connectivity index (χ1n) is 5.03. The largest absolute Gasteiger partial charge is 0.481 e. The van der Waals surface area contributed by atoms with E-state index in [2.05, 4.69) is 0 Å². The van der Waals surface area contributed by atoms with Crippen LogP contribution in [-0.4, -0.2) is 21.5 Å². The fourth-order valence-corrected chi connectivity index (χ4v) is 1.47. The van der Waals surface area contributed by atoms with Crippen LogP contribution >= 0.6 is 34.2 Å². The number of hydrogen-bond acceptors (Lipinski definition) is 3. The summed E-state index contributed by atoms with van der Waals surface area (Å²) in [5, 5.41) is 7.42. The van der Waals surface area contributed by atoms with Gasteiger partial charge in [-0.1, -0.05) is 40.8 Å². The van der Waals surface area contributed by atoms with Crippen LogP contribution in [0.5, 0.6) is 5.75 Å². The maximum absolute atomic E-state index is 11.1. The van der Waals surface area contributed by atoms with Gasteiger partial charge in [-0.15, -0.1) is 11.6 Å². The Kier molecular flexibility index (Phi) is 8.74. The summed E-state index contributed by atoms with van der Waals surface area (Å²) in [6, 6.07) is 5.65. The minimum atomic E-state index is -0.833. The SMILES string of the molecule is CC(=O)O.Cc1cccc(CCl)c1OC(=O)CI. The normalized spacial score (nSPS) is 9.11. The van der Waals surface area contributed by atoms with Crippen LogP contribution in [0.1, 0.15) is 18.1 Å². The van der Waals surface area contributed by atoms with Crippen LogP contribution in [0.25, 0.3) is 0 Å². The van der Waals surface area contributed by atoms with E-state index in [1.54, 1.807) is 0 Å². The number of ether oxygens (including phenoxy) is 1. The minimum absolute atomic E-state index is 0.244. The molecule has 0 fully saturated rings. The number of carbonyl (C=O) groups is 2. The number of alkyl halides is 2. The highest BCUT2D eigenvalue weighted by Crippen LogP contribution is 2.25. The zero-order valence-electron chi connectivity index (χ0n) is 10.1. The van der Waals surface area contributed by atoms with Gasteiger partial charge in [-0.3, -0.25) is 9.59 Å². The van der Waals surface area contributed by atoms with Crippen LogP contribution in [0.4, 0.5) is 0 Å². The first kappa shape index (κ1) is 17.2. The Hall–Kier alpha value is -0.820. The van der Waals surface area contributed by atoms with Crippen molar-refractivity contribution in [3.05, 3.63) is 29.3 Å². The number of carboxylic acids is 1. The minimum Gasteiger partial charge on any atom is -0.481 e. The number of carbonyl (C=O) groups excluding carboxylic acids is 1. The fraction of sp³-hybridized carbons (Fsp3) is 0.333. The summed E-state index contributed by atoms with van der Waals surface area (Å²) in [6.45, 7) is 2.98. The Morgan fingerprint density at radius 3 is 2.44 bits per heavy atom. The number of benzene rings is 1. The van der Waals surface area contributed by atoms with E-state index >= 15 is 0 Å². The van der Waals surface area contributed by atoms with Crippen LogP contribution in [0.15, 0.2) is 18.2 Å². The third kappa shape index (κ3) is 6.80. The van der Waals surface area contributed by atoms with Gasteiger partial charge in [0, 0.05) is 12.5 Å². The van der Waals surface area contributed by atoms with Gasteiger partial charge in [-0.25, -0.2) is 0 Å². The summed E-state index contributed by atoms with van der Waals surface area (Å²) in [5.74, 6) is -0.124. The van der Waals surface area contributed by atoms with Gasteiger partial charge in [-0.2, -0.15) is 0 Å². The van der Waals surface area contributed by atoms with Crippen molar-refractivity contribution in [2.75, 3.05) is 4.43 Å². The van der Waals surface area contributed by atoms with Crippen molar-refractivity contribution in [2.45, 2.75) is 19.7 Å². The zero-order chi connectivity index (χ0) is 14.1. The van der Waals surface area contributed by atoms with E-state index in [1.165, 1.54) is 0 Å². The molecule has 0 amide bonds. The Morgan fingerprint density at radius 1 is 1.44 bits per heavy atom. The Labute approximate surface area is 124 Å². The predicted octanol–water partition coefficient (Wildman–Crippen LogP) is 3.17. The van der Waals surface area contributed by atoms with Crippen molar-refractivity contribution < 1.29 is 19.4 Å². The van der Waals surface area contributed by atoms with Gasteiger partial charge < -0.3 is 9.84 Å². The van der Waals surface area contributed by atoms with Gasteiger partial charge >= 0.3 is 5.97 Å². The third-order valence-electron chi connectivity index (χ3n) is 1.76. The number of rotatable bonds is 3. The molecule has 0 unspecified atom stereocenters. The lowest BCUT2D eigenvalue weighted by Gasteiger charge is -2.09. The highest BCUT2D eigenvalue weighted by Gasteiger charge is 2.09. The number of para-hydroxylation sites is 1. The van der Waals surface area contributed by atoms with Gasteiger partial charge in [0.15, 0.2) is 0 Å². The first-order chi connectivity index (χ1) is 8.42. The van der Waals surface area contributed by atoms with Crippen molar-refractivity contribution in [3.8, 4) is 5.75 Å². The molecule has 0 saturated carbocycles. The molecule has 18 heavy (non-hydrogen) atoms. The zero-order valence-corrected chi connectivity index (χ0v) is 13.0. The van der Waals surface area contributed by atoms with Gasteiger partial charge in [0.05, 0.1) is 10.3 Å². The topological polar surface area (TPSA) is 63.6 Å². The van der Waals surface area contributed by atoms with Crippen LogP contribution < -0.4 is 4.74 Å². The van der Waals surface area contributed by atoms with E-state index in [0.29, 0.717) is 16.1 Å². The Bertz CT molecular complexity index is 417.